The number of para-hydroxylation sites is 3. The lowest BCUT2D eigenvalue weighted by Crippen LogP contribution is -1.99. The molecule has 7 aromatic carbocycles. The quantitative estimate of drug-likeness (QED) is 0.193. The third-order valence-electron chi connectivity index (χ3n) is 9.65. The van der Waals surface area contributed by atoms with E-state index in [-0.39, 0.29) is 0 Å². The molecule has 230 valence electrons. The molecule has 50 heavy (non-hydrogen) atoms. The maximum atomic E-state index is 10.4. The van der Waals surface area contributed by atoms with Gasteiger partial charge in [0, 0.05) is 27.1 Å². The summed E-state index contributed by atoms with van der Waals surface area (Å²) < 4.78 is 4.36. The molecule has 0 unspecified atom stereocenters. The van der Waals surface area contributed by atoms with E-state index in [4.69, 9.17) is 0 Å². The van der Waals surface area contributed by atoms with Crippen LogP contribution in [0.25, 0.3) is 77.2 Å². The molecule has 0 aliphatic heterocycles. The fraction of sp³-hybridized carbons (Fsp3) is 0. The molecule has 0 aliphatic rings. The van der Waals surface area contributed by atoms with Gasteiger partial charge in [-0.3, -0.25) is 0 Å². The van der Waals surface area contributed by atoms with Crippen molar-refractivity contribution in [2.45, 2.75) is 0 Å². The highest BCUT2D eigenvalue weighted by atomic mass is 15.0. The van der Waals surface area contributed by atoms with Gasteiger partial charge in [-0.05, 0) is 77.4 Å². The van der Waals surface area contributed by atoms with Crippen molar-refractivity contribution in [3.8, 4) is 51.8 Å². The topological polar surface area (TPSA) is 81.2 Å². The van der Waals surface area contributed by atoms with E-state index >= 15 is 0 Å². The zero-order valence-electron chi connectivity index (χ0n) is 26.7. The predicted octanol–water partition coefficient (Wildman–Crippen LogP) is 10.8. The van der Waals surface area contributed by atoms with Crippen molar-refractivity contribution in [2.24, 2.45) is 0 Å². The van der Waals surface area contributed by atoms with Crippen LogP contribution >= 0.6 is 0 Å². The van der Waals surface area contributed by atoms with Crippen LogP contribution in [0.4, 0.5) is 0 Å². The van der Waals surface area contributed by atoms with Gasteiger partial charge in [-0.25, -0.2) is 0 Å². The second-order valence-electron chi connectivity index (χ2n) is 12.3. The highest BCUT2D eigenvalue weighted by Gasteiger charge is 2.19. The Balaban J connectivity index is 1.16. The van der Waals surface area contributed by atoms with Gasteiger partial charge in [-0.2, -0.15) is 15.8 Å². The van der Waals surface area contributed by atoms with Gasteiger partial charge in [0.1, 0.15) is 6.07 Å². The van der Waals surface area contributed by atoms with E-state index in [1.807, 2.05) is 78.9 Å². The maximum absolute atomic E-state index is 10.4. The fourth-order valence-electron chi connectivity index (χ4n) is 7.44. The minimum atomic E-state index is 0.544. The van der Waals surface area contributed by atoms with Crippen LogP contribution in [0.15, 0.2) is 152 Å². The highest BCUT2D eigenvalue weighted by Crippen LogP contribution is 2.39. The van der Waals surface area contributed by atoms with E-state index in [1.54, 1.807) is 0 Å². The number of aromatic nitrogens is 2. The lowest BCUT2D eigenvalue weighted by molar-refractivity contribution is 1.17. The number of benzene rings is 7. The zero-order valence-corrected chi connectivity index (χ0v) is 26.7. The Morgan fingerprint density at radius 2 is 0.900 bits per heavy atom. The Morgan fingerprint density at radius 1 is 0.360 bits per heavy atom. The molecular weight excluding hydrogens is 611 g/mol. The summed E-state index contributed by atoms with van der Waals surface area (Å²) in [5, 5.41) is 34.5. The summed E-state index contributed by atoms with van der Waals surface area (Å²) in [5.74, 6) is 0. The van der Waals surface area contributed by atoms with Gasteiger partial charge in [0.25, 0.3) is 0 Å². The Morgan fingerprint density at radius 3 is 1.52 bits per heavy atom. The van der Waals surface area contributed by atoms with Crippen molar-refractivity contribution >= 4 is 43.6 Å². The third-order valence-corrected chi connectivity index (χ3v) is 9.65. The van der Waals surface area contributed by atoms with Gasteiger partial charge < -0.3 is 9.13 Å². The van der Waals surface area contributed by atoms with Gasteiger partial charge >= 0.3 is 0 Å². The van der Waals surface area contributed by atoms with E-state index in [0.29, 0.717) is 16.7 Å². The standard InChI is InChI=1S/C45H25N5/c46-26-29-16-22-43-38(24-29)37-11-3-6-14-42(37)49(43)39-23-21-32(25-34(39)28-48)30-17-19-31(20-18-30)45-33(27-47)8-7-15-44(45)50-40-12-4-1-9-35(40)36-10-2-5-13-41(36)50/h1-25H. The fourth-order valence-corrected chi connectivity index (χ4v) is 7.44. The number of fused-ring (bicyclic) bond motifs is 6. The van der Waals surface area contributed by atoms with E-state index in [1.165, 1.54) is 0 Å². The van der Waals surface area contributed by atoms with Crippen LogP contribution in [0.3, 0.4) is 0 Å². The van der Waals surface area contributed by atoms with Crippen LogP contribution in [-0.4, -0.2) is 9.13 Å². The van der Waals surface area contributed by atoms with Crippen molar-refractivity contribution < 1.29 is 0 Å². The van der Waals surface area contributed by atoms with E-state index < -0.39 is 0 Å². The number of rotatable bonds is 4. The first kappa shape index (κ1) is 28.8. The summed E-state index contributed by atoms with van der Waals surface area (Å²) in [6, 6.07) is 57.7. The molecule has 2 aromatic heterocycles. The van der Waals surface area contributed by atoms with Crippen molar-refractivity contribution in [2.75, 3.05) is 0 Å². The van der Waals surface area contributed by atoms with Crippen LogP contribution in [0.2, 0.25) is 0 Å². The van der Waals surface area contributed by atoms with Gasteiger partial charge in [0.05, 0.1) is 62.3 Å². The molecule has 0 radical (unpaired) electrons. The summed E-state index contributed by atoms with van der Waals surface area (Å²) in [6.07, 6.45) is 0. The molecule has 0 bridgehead atoms. The summed E-state index contributed by atoms with van der Waals surface area (Å²) in [7, 11) is 0. The minimum absolute atomic E-state index is 0.544. The van der Waals surface area contributed by atoms with Crippen molar-refractivity contribution in [1.29, 1.82) is 15.8 Å². The molecule has 0 saturated heterocycles. The van der Waals surface area contributed by atoms with Crippen LogP contribution in [0.5, 0.6) is 0 Å². The molecule has 0 saturated carbocycles. The lowest BCUT2D eigenvalue weighted by Gasteiger charge is -2.16. The summed E-state index contributed by atoms with van der Waals surface area (Å²) in [6.45, 7) is 0. The molecule has 5 heteroatoms. The molecule has 0 amide bonds. The second-order valence-corrected chi connectivity index (χ2v) is 12.3. The van der Waals surface area contributed by atoms with Crippen LogP contribution in [-0.2, 0) is 0 Å². The lowest BCUT2D eigenvalue weighted by atomic mass is 9.95. The Kier molecular flexibility index (Phi) is 6.56. The molecule has 9 aromatic rings. The van der Waals surface area contributed by atoms with Crippen molar-refractivity contribution in [3.05, 3.63) is 168 Å². The van der Waals surface area contributed by atoms with Crippen LogP contribution in [0, 0.1) is 34.0 Å². The monoisotopic (exact) mass is 635 g/mol. The summed E-state index contributed by atoms with van der Waals surface area (Å²) >= 11 is 0. The van der Waals surface area contributed by atoms with Gasteiger partial charge in [0.2, 0.25) is 0 Å². The highest BCUT2D eigenvalue weighted by molar-refractivity contribution is 6.11. The third kappa shape index (κ3) is 4.31. The van der Waals surface area contributed by atoms with Gasteiger partial charge in [0.15, 0.2) is 0 Å². The summed E-state index contributed by atoms with van der Waals surface area (Å²) in [4.78, 5) is 0. The molecule has 0 spiro atoms. The van der Waals surface area contributed by atoms with Gasteiger partial charge in [-0.15, -0.1) is 0 Å². The van der Waals surface area contributed by atoms with E-state index in [0.717, 1.165) is 77.2 Å². The number of hydrogen-bond donors (Lipinski definition) is 0. The molecule has 0 fully saturated rings. The second kappa shape index (κ2) is 11.4. The smallest absolute Gasteiger partial charge is 0.101 e. The normalized spacial score (nSPS) is 11.1. The van der Waals surface area contributed by atoms with Crippen LogP contribution < -0.4 is 0 Å². The van der Waals surface area contributed by atoms with E-state index in [2.05, 4.69) is 100 Å². The molecule has 0 aliphatic carbocycles. The zero-order chi connectivity index (χ0) is 33.8. The first-order valence-corrected chi connectivity index (χ1v) is 16.3. The minimum Gasteiger partial charge on any atom is -0.309 e. The predicted molar refractivity (Wildman–Crippen MR) is 200 cm³/mol. The first-order chi connectivity index (χ1) is 24.7. The largest absolute Gasteiger partial charge is 0.309 e. The molecule has 0 N–H and O–H groups in total. The number of hydrogen-bond acceptors (Lipinski definition) is 3. The molecule has 0 atom stereocenters. The molecular formula is C45H25N5. The Bertz CT molecular complexity index is 2900. The Labute approximate surface area is 287 Å². The molecule has 2 heterocycles. The SMILES string of the molecule is N#Cc1ccc2c(c1)c1ccccc1n2-c1ccc(-c2ccc(-c3c(C#N)cccc3-n3c4ccccc4c4ccccc43)cc2)cc1C#N. The summed E-state index contributed by atoms with van der Waals surface area (Å²) in [5.41, 5.74) is 11.2. The average molecular weight is 636 g/mol. The first-order valence-electron chi connectivity index (χ1n) is 16.3. The maximum Gasteiger partial charge on any atom is 0.101 e. The van der Waals surface area contributed by atoms with Crippen molar-refractivity contribution in [3.63, 3.8) is 0 Å². The van der Waals surface area contributed by atoms with Crippen LogP contribution in [0.1, 0.15) is 16.7 Å². The van der Waals surface area contributed by atoms with E-state index in [9.17, 15) is 15.8 Å². The number of nitrogens with zero attached hydrogens (tertiary/aromatic N) is 5. The molecule has 5 nitrogen and oxygen atoms in total. The number of nitriles is 3. The Hall–Kier alpha value is -7.39. The molecule has 9 rings (SSSR count). The van der Waals surface area contributed by atoms with Crippen molar-refractivity contribution in [1.82, 2.24) is 9.13 Å². The van der Waals surface area contributed by atoms with Gasteiger partial charge in [-0.1, -0.05) is 91.0 Å². The average Bonchev–Trinajstić information content (AvgIpc) is 3.70.